The van der Waals surface area contributed by atoms with E-state index in [1.54, 1.807) is 0 Å². The molecular formula is C14H24N4O3. The van der Waals surface area contributed by atoms with E-state index in [9.17, 15) is 9.59 Å². The van der Waals surface area contributed by atoms with E-state index in [4.69, 9.17) is 10.5 Å². The molecule has 7 heteroatoms. The van der Waals surface area contributed by atoms with Gasteiger partial charge < -0.3 is 15.8 Å². The summed E-state index contributed by atoms with van der Waals surface area (Å²) in [6.45, 7) is 5.86. The SMILES string of the molecule is CC(C)Cn1c(N)c(NCCC2CCCO2)c(=O)[nH]c1=O. The highest BCUT2D eigenvalue weighted by molar-refractivity contribution is 5.60. The zero-order valence-electron chi connectivity index (χ0n) is 12.6. The second-order valence-corrected chi connectivity index (χ2v) is 5.87. The molecule has 0 spiro atoms. The lowest BCUT2D eigenvalue weighted by atomic mass is 10.2. The highest BCUT2D eigenvalue weighted by Crippen LogP contribution is 2.16. The van der Waals surface area contributed by atoms with Gasteiger partial charge >= 0.3 is 5.69 Å². The summed E-state index contributed by atoms with van der Waals surface area (Å²) >= 11 is 0. The van der Waals surface area contributed by atoms with Crippen molar-refractivity contribution < 1.29 is 4.74 Å². The van der Waals surface area contributed by atoms with Crippen molar-refractivity contribution in [2.24, 2.45) is 5.92 Å². The van der Waals surface area contributed by atoms with Crippen molar-refractivity contribution >= 4 is 11.5 Å². The number of aromatic amines is 1. The van der Waals surface area contributed by atoms with E-state index in [0.717, 1.165) is 25.9 Å². The van der Waals surface area contributed by atoms with Crippen LogP contribution >= 0.6 is 0 Å². The Hall–Kier alpha value is -1.76. The lowest BCUT2D eigenvalue weighted by Crippen LogP contribution is -2.35. The number of hydrogen-bond donors (Lipinski definition) is 3. The van der Waals surface area contributed by atoms with E-state index < -0.39 is 11.2 Å². The molecule has 1 fully saturated rings. The maximum Gasteiger partial charge on any atom is 0.330 e. The molecule has 0 radical (unpaired) electrons. The number of nitrogens with one attached hydrogen (secondary N) is 2. The smallest absolute Gasteiger partial charge is 0.330 e. The van der Waals surface area contributed by atoms with Gasteiger partial charge in [-0.2, -0.15) is 0 Å². The fraction of sp³-hybridized carbons (Fsp3) is 0.714. The molecule has 4 N–H and O–H groups in total. The van der Waals surface area contributed by atoms with E-state index in [1.807, 2.05) is 13.8 Å². The number of ether oxygens (including phenoxy) is 1. The maximum atomic E-state index is 11.9. The zero-order valence-corrected chi connectivity index (χ0v) is 12.6. The van der Waals surface area contributed by atoms with Gasteiger partial charge in [-0.05, 0) is 25.2 Å². The molecule has 1 atom stereocenters. The van der Waals surface area contributed by atoms with Crippen molar-refractivity contribution in [2.45, 2.75) is 45.8 Å². The molecule has 2 rings (SSSR count). The van der Waals surface area contributed by atoms with Crippen molar-refractivity contribution in [3.05, 3.63) is 20.8 Å². The van der Waals surface area contributed by atoms with Crippen molar-refractivity contribution in [3.63, 3.8) is 0 Å². The lowest BCUT2D eigenvalue weighted by Gasteiger charge is -2.16. The largest absolute Gasteiger partial charge is 0.383 e. The minimum absolute atomic E-state index is 0.199. The van der Waals surface area contributed by atoms with Crippen LogP contribution in [0.4, 0.5) is 11.5 Å². The van der Waals surface area contributed by atoms with E-state index in [-0.39, 0.29) is 23.5 Å². The van der Waals surface area contributed by atoms with Crippen LogP contribution in [-0.2, 0) is 11.3 Å². The summed E-state index contributed by atoms with van der Waals surface area (Å²) in [5.41, 5.74) is 5.32. The monoisotopic (exact) mass is 296 g/mol. The van der Waals surface area contributed by atoms with Crippen LogP contribution in [0.25, 0.3) is 0 Å². The number of nitrogens with zero attached hydrogens (tertiary/aromatic N) is 1. The van der Waals surface area contributed by atoms with Gasteiger partial charge in [-0.3, -0.25) is 14.3 Å². The number of anilines is 2. The summed E-state index contributed by atoms with van der Waals surface area (Å²) in [7, 11) is 0. The topological polar surface area (TPSA) is 102 Å². The third-order valence-electron chi connectivity index (χ3n) is 3.58. The summed E-state index contributed by atoms with van der Waals surface area (Å²) in [6, 6.07) is 0. The minimum Gasteiger partial charge on any atom is -0.383 e. The molecule has 1 saturated heterocycles. The van der Waals surface area contributed by atoms with E-state index in [1.165, 1.54) is 4.57 Å². The van der Waals surface area contributed by atoms with Gasteiger partial charge in [0.1, 0.15) is 11.5 Å². The first-order valence-electron chi connectivity index (χ1n) is 7.47. The maximum absolute atomic E-state index is 11.9. The van der Waals surface area contributed by atoms with E-state index >= 15 is 0 Å². The molecule has 7 nitrogen and oxygen atoms in total. The van der Waals surface area contributed by atoms with Crippen LogP contribution in [-0.4, -0.2) is 28.8 Å². The summed E-state index contributed by atoms with van der Waals surface area (Å²) in [6.07, 6.45) is 3.22. The Morgan fingerprint density at radius 3 is 2.86 bits per heavy atom. The molecule has 0 aliphatic carbocycles. The summed E-state index contributed by atoms with van der Waals surface area (Å²) in [5.74, 6) is 0.459. The molecule has 0 aromatic carbocycles. The lowest BCUT2D eigenvalue weighted by molar-refractivity contribution is 0.107. The standard InChI is InChI=1S/C14H24N4O3/c1-9(2)8-18-12(15)11(13(19)17-14(18)20)16-6-5-10-4-3-7-21-10/h9-10,16H,3-8,15H2,1-2H3,(H,17,19,20). The Labute approximate surface area is 123 Å². The Morgan fingerprint density at radius 2 is 2.24 bits per heavy atom. The van der Waals surface area contributed by atoms with Gasteiger partial charge in [-0.1, -0.05) is 13.8 Å². The fourth-order valence-corrected chi connectivity index (χ4v) is 2.54. The first kappa shape index (κ1) is 15.6. The van der Waals surface area contributed by atoms with Gasteiger partial charge in [-0.15, -0.1) is 0 Å². The zero-order chi connectivity index (χ0) is 15.4. The predicted octanol–water partition coefficient (Wildman–Crippen LogP) is 0.756. The van der Waals surface area contributed by atoms with Crippen LogP contribution in [0.5, 0.6) is 0 Å². The van der Waals surface area contributed by atoms with Crippen molar-refractivity contribution in [1.29, 1.82) is 0 Å². The molecule has 21 heavy (non-hydrogen) atoms. The molecule has 1 aromatic rings. The van der Waals surface area contributed by atoms with Crippen LogP contribution in [0.15, 0.2) is 9.59 Å². The Kier molecular flexibility index (Phi) is 5.06. The number of hydrogen-bond acceptors (Lipinski definition) is 5. The highest BCUT2D eigenvalue weighted by atomic mass is 16.5. The average molecular weight is 296 g/mol. The Morgan fingerprint density at radius 1 is 1.48 bits per heavy atom. The van der Waals surface area contributed by atoms with Crippen LogP contribution in [0.2, 0.25) is 0 Å². The van der Waals surface area contributed by atoms with Crippen molar-refractivity contribution in [1.82, 2.24) is 9.55 Å². The van der Waals surface area contributed by atoms with Crippen molar-refractivity contribution in [3.8, 4) is 0 Å². The first-order chi connectivity index (χ1) is 9.99. The van der Waals surface area contributed by atoms with Gasteiger partial charge in [0.2, 0.25) is 0 Å². The summed E-state index contributed by atoms with van der Waals surface area (Å²) in [4.78, 5) is 26.0. The molecule has 1 aliphatic heterocycles. The van der Waals surface area contributed by atoms with E-state index in [2.05, 4.69) is 10.3 Å². The number of aromatic nitrogens is 2. The van der Waals surface area contributed by atoms with Gasteiger partial charge in [-0.25, -0.2) is 4.79 Å². The van der Waals surface area contributed by atoms with Gasteiger partial charge in [0.25, 0.3) is 5.56 Å². The fourth-order valence-electron chi connectivity index (χ4n) is 2.54. The second-order valence-electron chi connectivity index (χ2n) is 5.87. The number of nitrogen functional groups attached to an aromatic ring is 1. The summed E-state index contributed by atoms with van der Waals surface area (Å²) < 4.78 is 6.94. The highest BCUT2D eigenvalue weighted by Gasteiger charge is 2.16. The molecule has 0 bridgehead atoms. The minimum atomic E-state index is -0.468. The predicted molar refractivity (Wildman–Crippen MR) is 82.7 cm³/mol. The normalized spacial score (nSPS) is 18.3. The molecule has 0 amide bonds. The third kappa shape index (κ3) is 3.87. The van der Waals surface area contributed by atoms with Gasteiger partial charge in [0, 0.05) is 19.7 Å². The molecular weight excluding hydrogens is 272 g/mol. The Bertz CT molecular complexity index is 585. The Balaban J connectivity index is 2.10. The van der Waals surface area contributed by atoms with Crippen LogP contribution in [0, 0.1) is 5.92 Å². The number of rotatable bonds is 6. The third-order valence-corrected chi connectivity index (χ3v) is 3.58. The molecule has 1 aromatic heterocycles. The molecule has 0 saturated carbocycles. The average Bonchev–Trinajstić information content (AvgIpc) is 2.91. The number of H-pyrrole nitrogens is 1. The van der Waals surface area contributed by atoms with Crippen molar-refractivity contribution in [2.75, 3.05) is 24.2 Å². The second kappa shape index (κ2) is 6.80. The molecule has 118 valence electrons. The molecule has 2 heterocycles. The molecule has 1 aliphatic rings. The van der Waals surface area contributed by atoms with E-state index in [0.29, 0.717) is 13.1 Å². The number of nitrogens with two attached hydrogens (primary N) is 1. The quantitative estimate of drug-likeness (QED) is 0.719. The summed E-state index contributed by atoms with van der Waals surface area (Å²) in [5, 5.41) is 3.04. The molecule has 1 unspecified atom stereocenters. The van der Waals surface area contributed by atoms with Gasteiger partial charge in [0.15, 0.2) is 0 Å². The van der Waals surface area contributed by atoms with Crippen LogP contribution in [0.3, 0.4) is 0 Å². The van der Waals surface area contributed by atoms with Crippen LogP contribution in [0.1, 0.15) is 33.1 Å². The van der Waals surface area contributed by atoms with Gasteiger partial charge in [0.05, 0.1) is 6.10 Å². The first-order valence-corrected chi connectivity index (χ1v) is 7.47. The van der Waals surface area contributed by atoms with Crippen LogP contribution < -0.4 is 22.3 Å².